The average molecular weight is 621 g/mol. The number of methoxy groups -OCH3 is 3. The number of hydrogen-bond acceptors (Lipinski definition) is 7. The van der Waals surface area contributed by atoms with Gasteiger partial charge < -0.3 is 19.5 Å². The second-order valence-corrected chi connectivity index (χ2v) is 11.7. The first-order valence-electron chi connectivity index (χ1n) is 13.7. The lowest BCUT2D eigenvalue weighted by atomic mass is 9.99. The molecule has 4 aromatic rings. The highest BCUT2D eigenvalue weighted by molar-refractivity contribution is 8.00. The summed E-state index contributed by atoms with van der Waals surface area (Å²) in [4.78, 5) is 28.6. The van der Waals surface area contributed by atoms with Crippen molar-refractivity contribution in [3.8, 4) is 34.2 Å². The number of hydrogen-bond donors (Lipinski definition) is 1. The molecule has 1 N–H and O–H groups in total. The molecule has 1 aliphatic heterocycles. The number of fused-ring (bicyclic) bond motifs is 1. The zero-order valence-electron chi connectivity index (χ0n) is 24.6. The summed E-state index contributed by atoms with van der Waals surface area (Å²) in [5, 5.41) is 8.28. The number of halogens is 1. The van der Waals surface area contributed by atoms with E-state index in [4.69, 9.17) is 30.9 Å². The number of thioether (sulfide) groups is 1. The molecule has 0 radical (unpaired) electrons. The number of ether oxygens (including phenoxy) is 3. The number of carbonyl (C=O) groups is 2. The molecule has 1 aromatic heterocycles. The van der Waals surface area contributed by atoms with Crippen LogP contribution in [0.5, 0.6) is 17.2 Å². The Kier molecular flexibility index (Phi) is 9.17. The molecule has 0 saturated carbocycles. The molecule has 9 nitrogen and oxygen atoms in total. The Morgan fingerprint density at radius 1 is 1.00 bits per heavy atom. The van der Waals surface area contributed by atoms with Crippen molar-refractivity contribution < 1.29 is 23.8 Å². The topological polar surface area (TPSA) is 94.9 Å². The number of carbonyl (C=O) groups excluding carboxylic acids is 2. The van der Waals surface area contributed by atoms with Crippen molar-refractivity contribution in [3.05, 3.63) is 82.9 Å². The highest BCUT2D eigenvalue weighted by Gasteiger charge is 2.38. The number of amides is 2. The van der Waals surface area contributed by atoms with E-state index in [-0.39, 0.29) is 35.4 Å². The Bertz CT molecular complexity index is 1620. The summed E-state index contributed by atoms with van der Waals surface area (Å²) in [5.74, 6) is 2.05. The van der Waals surface area contributed by atoms with Crippen LogP contribution in [0.2, 0.25) is 5.02 Å². The molecule has 1 atom stereocenters. The molecule has 0 unspecified atom stereocenters. The molecule has 3 aromatic carbocycles. The van der Waals surface area contributed by atoms with Gasteiger partial charge in [-0.2, -0.15) is 5.10 Å². The van der Waals surface area contributed by atoms with E-state index in [0.717, 1.165) is 16.7 Å². The minimum absolute atomic E-state index is 0.0842. The normalized spacial score (nSPS) is 14.7. The number of nitrogens with zero attached hydrogens (tertiary/aromatic N) is 3. The van der Waals surface area contributed by atoms with Gasteiger partial charge in [0.2, 0.25) is 11.8 Å². The van der Waals surface area contributed by atoms with E-state index in [0.29, 0.717) is 39.5 Å². The van der Waals surface area contributed by atoms with Crippen LogP contribution in [0.25, 0.3) is 16.9 Å². The molecule has 0 bridgehead atoms. The van der Waals surface area contributed by atoms with Gasteiger partial charge in [-0.1, -0.05) is 29.8 Å². The van der Waals surface area contributed by atoms with Crippen LogP contribution >= 0.6 is 23.4 Å². The first-order chi connectivity index (χ1) is 20.7. The fraction of sp³-hybridized carbons (Fsp3) is 0.281. The molecular weight excluding hydrogens is 588 g/mol. The van der Waals surface area contributed by atoms with Gasteiger partial charge in [0.25, 0.3) is 0 Å². The molecule has 0 aliphatic carbocycles. The summed E-state index contributed by atoms with van der Waals surface area (Å²) in [6, 6.07) is 20.5. The number of rotatable bonds is 9. The SMILES string of the molecule is COc1ccc(-n2nc(-c3ccc(Cl)cc3)c3c2N(CC(=O)NC(C)C)C(=O)CS[C@@H]3c2ccc(OC)c(OC)c2)cc1. The summed E-state index contributed by atoms with van der Waals surface area (Å²) < 4.78 is 18.2. The fourth-order valence-corrected chi connectivity index (χ4v) is 6.35. The van der Waals surface area contributed by atoms with Crippen LogP contribution in [0.15, 0.2) is 66.7 Å². The Morgan fingerprint density at radius 2 is 1.70 bits per heavy atom. The Morgan fingerprint density at radius 3 is 2.33 bits per heavy atom. The summed E-state index contributed by atoms with van der Waals surface area (Å²) in [5.41, 5.74) is 3.88. The fourth-order valence-electron chi connectivity index (χ4n) is 5.03. The third kappa shape index (κ3) is 6.30. The van der Waals surface area contributed by atoms with Gasteiger partial charge in [0, 0.05) is 22.2 Å². The van der Waals surface area contributed by atoms with Crippen molar-refractivity contribution in [2.75, 3.05) is 38.5 Å². The molecule has 2 amide bonds. The van der Waals surface area contributed by atoms with E-state index in [9.17, 15) is 9.59 Å². The van der Waals surface area contributed by atoms with Crippen LogP contribution in [0.4, 0.5) is 5.82 Å². The van der Waals surface area contributed by atoms with Gasteiger partial charge in [-0.25, -0.2) is 4.68 Å². The van der Waals surface area contributed by atoms with Gasteiger partial charge >= 0.3 is 0 Å². The largest absolute Gasteiger partial charge is 0.497 e. The number of aromatic nitrogens is 2. The predicted octanol–water partition coefficient (Wildman–Crippen LogP) is 5.91. The maximum absolute atomic E-state index is 13.9. The third-order valence-electron chi connectivity index (χ3n) is 6.99. The van der Waals surface area contributed by atoms with Crippen molar-refractivity contribution in [2.24, 2.45) is 0 Å². The minimum Gasteiger partial charge on any atom is -0.497 e. The van der Waals surface area contributed by atoms with Gasteiger partial charge in [-0.3, -0.25) is 14.5 Å². The molecule has 1 aliphatic rings. The second kappa shape index (κ2) is 13.0. The van der Waals surface area contributed by atoms with Crippen molar-refractivity contribution in [1.82, 2.24) is 15.1 Å². The lowest BCUT2D eigenvalue weighted by Gasteiger charge is -2.24. The van der Waals surface area contributed by atoms with E-state index >= 15 is 0 Å². The van der Waals surface area contributed by atoms with Gasteiger partial charge in [0.15, 0.2) is 11.5 Å². The van der Waals surface area contributed by atoms with Crippen molar-refractivity contribution in [3.63, 3.8) is 0 Å². The molecule has 224 valence electrons. The lowest BCUT2D eigenvalue weighted by molar-refractivity contribution is -0.123. The zero-order chi connectivity index (χ0) is 30.7. The first-order valence-corrected chi connectivity index (χ1v) is 15.1. The van der Waals surface area contributed by atoms with Gasteiger partial charge in [-0.05, 0) is 67.9 Å². The molecule has 0 saturated heterocycles. The number of nitrogens with one attached hydrogen (secondary N) is 1. The predicted molar refractivity (Wildman–Crippen MR) is 170 cm³/mol. The number of benzene rings is 3. The van der Waals surface area contributed by atoms with E-state index in [2.05, 4.69) is 5.32 Å². The molecule has 5 rings (SSSR count). The summed E-state index contributed by atoms with van der Waals surface area (Å²) >= 11 is 7.73. The van der Waals surface area contributed by atoms with Crippen LogP contribution < -0.4 is 24.4 Å². The molecular formula is C32H33ClN4O5S. The standard InChI is InChI=1S/C32H33ClN4O5S/c1-19(2)34-27(38)17-36-28(39)18-43-31(21-8-15-25(41-4)26(16-21)42-5)29-30(20-6-9-22(33)10-7-20)35-37(32(29)36)23-11-13-24(40-3)14-12-23/h6-16,19,31H,17-18H2,1-5H3,(H,34,38)/t31-/m1/s1. The Hall–Kier alpha value is -4.15. The van der Waals surface area contributed by atoms with Crippen LogP contribution in [0.1, 0.15) is 30.2 Å². The molecule has 0 spiro atoms. The van der Waals surface area contributed by atoms with Crippen molar-refractivity contribution in [1.29, 1.82) is 0 Å². The van der Waals surface area contributed by atoms with Crippen LogP contribution in [-0.4, -0.2) is 61.3 Å². The van der Waals surface area contributed by atoms with E-state index < -0.39 is 0 Å². The van der Waals surface area contributed by atoms with E-state index in [1.54, 1.807) is 26.0 Å². The smallest absolute Gasteiger partial charge is 0.240 e. The van der Waals surface area contributed by atoms with Gasteiger partial charge in [0.1, 0.15) is 18.1 Å². The average Bonchev–Trinajstić information content (AvgIpc) is 3.33. The highest BCUT2D eigenvalue weighted by Crippen LogP contribution is 2.49. The van der Waals surface area contributed by atoms with Crippen molar-refractivity contribution >= 4 is 41.0 Å². The maximum Gasteiger partial charge on any atom is 0.240 e. The quantitative estimate of drug-likeness (QED) is 0.248. The highest BCUT2D eigenvalue weighted by atomic mass is 35.5. The second-order valence-electron chi connectivity index (χ2n) is 10.2. The van der Waals surface area contributed by atoms with Crippen molar-refractivity contribution in [2.45, 2.75) is 25.1 Å². The lowest BCUT2D eigenvalue weighted by Crippen LogP contribution is -2.44. The molecule has 2 heterocycles. The zero-order valence-corrected chi connectivity index (χ0v) is 26.2. The Labute approximate surface area is 260 Å². The van der Waals surface area contributed by atoms with Crippen LogP contribution in [0.3, 0.4) is 0 Å². The van der Waals surface area contributed by atoms with Gasteiger partial charge in [-0.15, -0.1) is 11.8 Å². The summed E-state index contributed by atoms with van der Waals surface area (Å²) in [6.07, 6.45) is 0. The molecule has 0 fully saturated rings. The first kappa shape index (κ1) is 30.3. The molecule has 11 heteroatoms. The summed E-state index contributed by atoms with van der Waals surface area (Å²) in [6.45, 7) is 3.61. The van der Waals surface area contributed by atoms with Gasteiger partial charge in [0.05, 0.1) is 43.7 Å². The van der Waals surface area contributed by atoms with E-state index in [1.807, 2.05) is 80.6 Å². The maximum atomic E-state index is 13.9. The van der Waals surface area contributed by atoms with E-state index in [1.165, 1.54) is 16.7 Å². The minimum atomic E-state index is -0.338. The Balaban J connectivity index is 1.80. The summed E-state index contributed by atoms with van der Waals surface area (Å²) in [7, 11) is 4.78. The third-order valence-corrected chi connectivity index (χ3v) is 8.49. The van der Waals surface area contributed by atoms with Crippen LogP contribution in [0, 0.1) is 0 Å². The molecule has 43 heavy (non-hydrogen) atoms. The monoisotopic (exact) mass is 620 g/mol. The number of anilines is 1. The van der Waals surface area contributed by atoms with Crippen LogP contribution in [-0.2, 0) is 9.59 Å².